The second kappa shape index (κ2) is 14.8. The summed E-state index contributed by atoms with van der Waals surface area (Å²) in [6.07, 6.45) is 0. The van der Waals surface area contributed by atoms with Gasteiger partial charge in [-0.15, -0.1) is 79.9 Å². The van der Waals surface area contributed by atoms with Crippen LogP contribution in [-0.2, 0) is 19.8 Å². The third-order valence-corrected chi connectivity index (χ3v) is 7.33. The maximum atomic E-state index is 4.35. The molecule has 2 unspecified atom stereocenters. The van der Waals surface area contributed by atoms with E-state index in [-0.39, 0.29) is 31.9 Å². The van der Waals surface area contributed by atoms with Gasteiger partial charge < -0.3 is 20.6 Å². The minimum absolute atomic E-state index is 0. The maximum Gasteiger partial charge on any atom is 4.00 e. The van der Waals surface area contributed by atoms with Crippen molar-refractivity contribution in [3.63, 3.8) is 0 Å². The van der Waals surface area contributed by atoms with Crippen molar-refractivity contribution in [3.8, 4) is 0 Å². The molecule has 4 nitrogen and oxygen atoms in total. The molecule has 2 aromatic carbocycles. The van der Waals surface area contributed by atoms with Crippen molar-refractivity contribution in [2.24, 2.45) is 9.98 Å². The van der Waals surface area contributed by atoms with E-state index in [9.17, 15) is 0 Å². The maximum absolute atomic E-state index is 4.35. The Labute approximate surface area is 228 Å². The van der Waals surface area contributed by atoms with Crippen LogP contribution in [0.3, 0.4) is 0 Å². The van der Waals surface area contributed by atoms with Crippen LogP contribution < -0.4 is 0 Å². The zero-order valence-corrected chi connectivity index (χ0v) is 26.8. The summed E-state index contributed by atoms with van der Waals surface area (Å²) < 4.78 is 0. The molecule has 192 valence electrons. The zero-order valence-electron chi connectivity index (χ0n) is 24.3. The number of hydrogen-bond acceptors (Lipinski definition) is 2. The molecule has 2 atom stereocenters. The van der Waals surface area contributed by atoms with Gasteiger partial charge in [0.1, 0.15) is 0 Å². The van der Waals surface area contributed by atoms with Gasteiger partial charge in [-0.05, 0) is 11.4 Å². The smallest absolute Gasteiger partial charge is 0.660 e. The summed E-state index contributed by atoms with van der Waals surface area (Å²) in [5.41, 5.74) is 14.5. The van der Waals surface area contributed by atoms with Gasteiger partial charge in [0.15, 0.2) is 0 Å². The van der Waals surface area contributed by atoms with E-state index in [1.807, 2.05) is 42.0 Å². The number of rotatable bonds is 6. The fraction of sp³-hybridized carbons (Fsp3) is 0.533. The molecule has 35 heavy (non-hydrogen) atoms. The molecular weight excluding hydrogens is 607 g/mol. The van der Waals surface area contributed by atoms with Crippen LogP contribution in [0.2, 0.25) is 0 Å². The minimum atomic E-state index is 0. The van der Waals surface area contributed by atoms with E-state index in [0.29, 0.717) is 0 Å². The molecule has 0 heterocycles. The molecule has 0 saturated carbocycles. The summed E-state index contributed by atoms with van der Waals surface area (Å²) in [6.45, 7) is 21.2. The standard InChI is InChI=1S/2C15H22N2.Os/c2*1-9-10(2)14(12(4)16-6)8-15(11(9)3)13(5)17-7;/h2*12H,1-7H3;/q2*-2;+4. The minimum Gasteiger partial charge on any atom is -0.660 e. The Balaban J connectivity index is 0.000000642. The Hall–Kier alpha value is -1.66. The molecule has 0 radical (unpaired) electrons. The Bertz CT molecular complexity index is 982. The van der Waals surface area contributed by atoms with E-state index in [1.54, 1.807) is 0 Å². The van der Waals surface area contributed by atoms with Crippen molar-refractivity contribution in [1.82, 2.24) is 0 Å². The molecule has 0 aromatic heterocycles. The van der Waals surface area contributed by atoms with Gasteiger partial charge in [-0.3, -0.25) is 0 Å². The normalized spacial score (nSPS) is 13.5. The van der Waals surface area contributed by atoms with Crippen LogP contribution in [0, 0.1) is 53.7 Å². The van der Waals surface area contributed by atoms with E-state index < -0.39 is 0 Å². The average Bonchev–Trinajstić information content (AvgIpc) is 2.84. The second-order valence-electron chi connectivity index (χ2n) is 9.06. The van der Waals surface area contributed by atoms with Crippen molar-refractivity contribution >= 4 is 11.4 Å². The fourth-order valence-corrected chi connectivity index (χ4v) is 4.03. The van der Waals surface area contributed by atoms with Gasteiger partial charge in [-0.25, -0.2) is 0 Å². The molecule has 0 fully saturated rings. The number of nitrogens with zero attached hydrogens (tertiary/aromatic N) is 4. The van der Waals surface area contributed by atoms with Crippen LogP contribution in [0.25, 0.3) is 10.6 Å². The number of benzene rings is 2. The van der Waals surface area contributed by atoms with Gasteiger partial charge >= 0.3 is 19.8 Å². The van der Waals surface area contributed by atoms with Crippen LogP contribution >= 0.6 is 0 Å². The Morgan fingerprint density at radius 1 is 0.600 bits per heavy atom. The van der Waals surface area contributed by atoms with Crippen LogP contribution in [0.1, 0.15) is 95.4 Å². The Kier molecular flexibility index (Phi) is 14.1. The third kappa shape index (κ3) is 7.66. The van der Waals surface area contributed by atoms with Gasteiger partial charge in [0.2, 0.25) is 0 Å². The molecule has 0 aliphatic heterocycles. The van der Waals surface area contributed by atoms with Crippen LogP contribution in [0.15, 0.2) is 9.98 Å². The summed E-state index contributed by atoms with van der Waals surface area (Å²) in [7, 11) is 7.36. The average molecular weight is 651 g/mol. The van der Waals surface area contributed by atoms with Crippen molar-refractivity contribution in [2.75, 3.05) is 28.2 Å². The zero-order chi connectivity index (χ0) is 26.3. The summed E-state index contributed by atoms with van der Waals surface area (Å²) in [4.78, 5) is 8.54. The first-order chi connectivity index (χ1) is 15.9. The topological polar surface area (TPSA) is 52.9 Å². The first-order valence-corrected chi connectivity index (χ1v) is 12.0. The molecule has 0 N–H and O–H groups in total. The van der Waals surface area contributed by atoms with Crippen molar-refractivity contribution in [2.45, 2.75) is 81.3 Å². The summed E-state index contributed by atoms with van der Waals surface area (Å²) in [5, 5.41) is 8.69. The molecule has 0 aliphatic carbocycles. The molecule has 0 saturated heterocycles. The first-order valence-electron chi connectivity index (χ1n) is 12.0. The predicted octanol–water partition coefficient (Wildman–Crippen LogP) is 7.83. The predicted molar refractivity (Wildman–Crippen MR) is 151 cm³/mol. The second-order valence-corrected chi connectivity index (χ2v) is 9.06. The van der Waals surface area contributed by atoms with E-state index in [4.69, 9.17) is 0 Å². The molecule has 5 heteroatoms. The van der Waals surface area contributed by atoms with Gasteiger partial charge in [0.25, 0.3) is 0 Å². The van der Waals surface area contributed by atoms with E-state index in [2.05, 4.69) is 88.1 Å². The van der Waals surface area contributed by atoms with Gasteiger partial charge in [0.05, 0.1) is 0 Å². The Morgan fingerprint density at radius 2 is 0.886 bits per heavy atom. The summed E-state index contributed by atoms with van der Waals surface area (Å²) in [5.74, 6) is 0. The van der Waals surface area contributed by atoms with Crippen LogP contribution in [0.5, 0.6) is 0 Å². The van der Waals surface area contributed by atoms with Crippen LogP contribution in [0.4, 0.5) is 0 Å². The van der Waals surface area contributed by atoms with Crippen molar-refractivity contribution in [1.29, 1.82) is 0 Å². The molecule has 2 rings (SSSR count). The first kappa shape index (κ1) is 33.3. The molecular formula is C30H44N4Os. The van der Waals surface area contributed by atoms with E-state index in [0.717, 1.165) is 22.6 Å². The largest absolute Gasteiger partial charge is 4.00 e. The van der Waals surface area contributed by atoms with Crippen LogP contribution in [-0.4, -0.2) is 39.6 Å². The van der Waals surface area contributed by atoms with Crippen molar-refractivity contribution < 1.29 is 19.8 Å². The van der Waals surface area contributed by atoms with Gasteiger partial charge in [-0.2, -0.15) is 14.1 Å². The number of aliphatic imine (C=N–C) groups is 2. The monoisotopic (exact) mass is 652 g/mol. The molecule has 0 spiro atoms. The molecule has 0 amide bonds. The molecule has 2 aromatic rings. The van der Waals surface area contributed by atoms with E-state index in [1.165, 1.54) is 44.5 Å². The van der Waals surface area contributed by atoms with Gasteiger partial charge in [0, 0.05) is 14.1 Å². The quantitative estimate of drug-likeness (QED) is 0.226. The molecule has 0 aliphatic rings. The fourth-order valence-electron chi connectivity index (χ4n) is 4.03. The van der Waals surface area contributed by atoms with Crippen molar-refractivity contribution in [3.05, 3.63) is 78.4 Å². The molecule has 0 bridgehead atoms. The van der Waals surface area contributed by atoms with E-state index >= 15 is 0 Å². The summed E-state index contributed by atoms with van der Waals surface area (Å²) >= 11 is 0. The summed E-state index contributed by atoms with van der Waals surface area (Å²) in [6, 6.07) is 7.38. The van der Waals surface area contributed by atoms with Gasteiger partial charge in [-0.1, -0.05) is 69.2 Å². The SMILES string of the molecule is CN=C(C)c1[c-]c(C(C)[N-]C)c(C)c(C)c1C.CN=C(C)c1[c-]c(C(C)[N-]C)c(C)c(C)c1C.[Os+4]. The third-order valence-electron chi connectivity index (χ3n) is 7.33. The Morgan fingerprint density at radius 3 is 1.11 bits per heavy atom. The number of hydrogen-bond donors (Lipinski definition) is 0.